The first-order valence-electron chi connectivity index (χ1n) is 7.02. The van der Waals surface area contributed by atoms with Gasteiger partial charge < -0.3 is 10.4 Å². The largest absolute Gasteiger partial charge is 0.389 e. The lowest BCUT2D eigenvalue weighted by atomic mass is 9.97. The third kappa shape index (κ3) is 4.84. The molecule has 0 saturated carbocycles. The summed E-state index contributed by atoms with van der Waals surface area (Å²) >= 11 is 1.88. The Bertz CT molecular complexity index is 513. The van der Waals surface area contributed by atoms with Gasteiger partial charge in [-0.1, -0.05) is 24.3 Å². The molecule has 1 aromatic rings. The highest BCUT2D eigenvalue weighted by Gasteiger charge is 2.28. The molecular weight excluding hydrogens is 288 g/mol. The van der Waals surface area contributed by atoms with Crippen LogP contribution in [0.1, 0.15) is 18.4 Å². The molecule has 0 atom stereocenters. The van der Waals surface area contributed by atoms with E-state index in [1.54, 1.807) is 24.3 Å². The summed E-state index contributed by atoms with van der Waals surface area (Å²) in [5.74, 6) is 2.01. The van der Waals surface area contributed by atoms with Gasteiger partial charge in [-0.15, -0.1) is 0 Å². The maximum absolute atomic E-state index is 10.9. The molecule has 0 bridgehead atoms. The van der Waals surface area contributed by atoms with Crippen LogP contribution in [0.25, 0.3) is 6.08 Å². The van der Waals surface area contributed by atoms with Crippen LogP contribution < -0.4 is 5.32 Å². The van der Waals surface area contributed by atoms with Crippen LogP contribution >= 0.6 is 11.8 Å². The smallest absolute Gasteiger partial charge is 0.276 e. The molecule has 1 aliphatic heterocycles. The third-order valence-corrected chi connectivity index (χ3v) is 4.56. The summed E-state index contributed by atoms with van der Waals surface area (Å²) in [7, 11) is 0. The Balaban J connectivity index is 1.82. The normalized spacial score (nSPS) is 18.0. The van der Waals surface area contributed by atoms with Gasteiger partial charge in [0, 0.05) is 19.2 Å². The van der Waals surface area contributed by atoms with Gasteiger partial charge in [-0.05, 0) is 30.4 Å². The SMILES string of the molecule is O=[N+]([O-])c1ccccc1/C=C/CNCC1(O)CCSCC1. The van der Waals surface area contributed by atoms with Crippen molar-refractivity contribution in [1.82, 2.24) is 5.32 Å². The van der Waals surface area contributed by atoms with E-state index in [2.05, 4.69) is 5.32 Å². The van der Waals surface area contributed by atoms with E-state index in [0.717, 1.165) is 24.3 Å². The molecule has 0 aromatic heterocycles. The number of nitro benzene ring substituents is 1. The molecule has 5 nitrogen and oxygen atoms in total. The zero-order valence-corrected chi connectivity index (χ0v) is 12.6. The van der Waals surface area contributed by atoms with Gasteiger partial charge in [0.2, 0.25) is 0 Å². The quantitative estimate of drug-likeness (QED) is 0.480. The number of rotatable bonds is 6. The van der Waals surface area contributed by atoms with Crippen molar-refractivity contribution in [3.8, 4) is 0 Å². The average molecular weight is 308 g/mol. The Morgan fingerprint density at radius 2 is 2.10 bits per heavy atom. The second-order valence-corrected chi connectivity index (χ2v) is 6.41. The van der Waals surface area contributed by atoms with Gasteiger partial charge in [0.25, 0.3) is 5.69 Å². The van der Waals surface area contributed by atoms with Crippen LogP contribution in [0.5, 0.6) is 0 Å². The minimum atomic E-state index is -0.599. The van der Waals surface area contributed by atoms with Gasteiger partial charge >= 0.3 is 0 Å². The van der Waals surface area contributed by atoms with Crippen molar-refractivity contribution in [3.63, 3.8) is 0 Å². The predicted octanol–water partition coefficient (Wildman–Crippen LogP) is 2.46. The van der Waals surface area contributed by atoms with Gasteiger partial charge in [0.05, 0.1) is 16.1 Å². The monoisotopic (exact) mass is 308 g/mol. The molecule has 21 heavy (non-hydrogen) atoms. The fraction of sp³-hybridized carbons (Fsp3) is 0.467. The summed E-state index contributed by atoms with van der Waals surface area (Å²) in [6.07, 6.45) is 5.23. The van der Waals surface area contributed by atoms with E-state index in [-0.39, 0.29) is 10.6 Å². The first-order valence-corrected chi connectivity index (χ1v) is 8.17. The Kier molecular flexibility index (Phi) is 5.78. The molecule has 1 saturated heterocycles. The summed E-state index contributed by atoms with van der Waals surface area (Å²) in [6.45, 7) is 1.15. The van der Waals surface area contributed by atoms with E-state index < -0.39 is 5.60 Å². The fourth-order valence-corrected chi connectivity index (χ4v) is 3.55. The minimum absolute atomic E-state index is 0.108. The van der Waals surface area contributed by atoms with E-state index in [1.807, 2.05) is 17.8 Å². The Labute approximate surface area is 128 Å². The molecule has 114 valence electrons. The Morgan fingerprint density at radius 3 is 2.81 bits per heavy atom. The van der Waals surface area contributed by atoms with Gasteiger partial charge in [-0.2, -0.15) is 11.8 Å². The molecule has 0 aliphatic carbocycles. The number of aliphatic hydroxyl groups is 1. The van der Waals surface area contributed by atoms with E-state index in [4.69, 9.17) is 0 Å². The molecule has 0 spiro atoms. The van der Waals surface area contributed by atoms with Gasteiger partial charge in [0.1, 0.15) is 0 Å². The van der Waals surface area contributed by atoms with Crippen molar-refractivity contribution in [2.75, 3.05) is 24.6 Å². The zero-order chi connectivity index (χ0) is 15.1. The summed E-state index contributed by atoms with van der Waals surface area (Å²) in [6, 6.07) is 6.66. The van der Waals surface area contributed by atoms with Crippen LogP contribution in [0, 0.1) is 10.1 Å². The molecule has 6 heteroatoms. The molecule has 1 aliphatic rings. The average Bonchev–Trinajstić information content (AvgIpc) is 2.48. The molecule has 1 fully saturated rings. The van der Waals surface area contributed by atoms with Crippen molar-refractivity contribution in [1.29, 1.82) is 0 Å². The van der Waals surface area contributed by atoms with Crippen LogP contribution in [0.2, 0.25) is 0 Å². The maximum Gasteiger partial charge on any atom is 0.276 e. The number of thioether (sulfide) groups is 1. The van der Waals surface area contributed by atoms with Crippen molar-refractivity contribution in [3.05, 3.63) is 46.0 Å². The van der Waals surface area contributed by atoms with Crippen LogP contribution in [-0.4, -0.2) is 40.2 Å². The molecular formula is C15H20N2O3S. The van der Waals surface area contributed by atoms with Crippen molar-refractivity contribution in [2.24, 2.45) is 0 Å². The van der Waals surface area contributed by atoms with Crippen LogP contribution in [-0.2, 0) is 0 Å². The molecule has 2 rings (SSSR count). The van der Waals surface area contributed by atoms with Crippen molar-refractivity contribution < 1.29 is 10.0 Å². The molecule has 0 amide bonds. The Hall–Kier alpha value is -1.37. The predicted molar refractivity (Wildman–Crippen MR) is 86.5 cm³/mol. The van der Waals surface area contributed by atoms with Crippen molar-refractivity contribution >= 4 is 23.5 Å². The fourth-order valence-electron chi connectivity index (χ4n) is 2.30. The Morgan fingerprint density at radius 1 is 1.38 bits per heavy atom. The summed E-state index contributed by atoms with van der Waals surface area (Å²) in [4.78, 5) is 10.5. The first-order chi connectivity index (χ1) is 10.1. The van der Waals surface area contributed by atoms with Gasteiger partial charge in [-0.3, -0.25) is 10.1 Å². The number of nitro groups is 1. The topological polar surface area (TPSA) is 75.4 Å². The number of hydrogen-bond donors (Lipinski definition) is 2. The number of benzene rings is 1. The van der Waals surface area contributed by atoms with Crippen LogP contribution in [0.4, 0.5) is 5.69 Å². The summed E-state index contributed by atoms with van der Waals surface area (Å²) in [5.41, 5.74) is 0.103. The molecule has 1 aromatic carbocycles. The highest BCUT2D eigenvalue weighted by atomic mass is 32.2. The third-order valence-electron chi connectivity index (χ3n) is 3.57. The van der Waals surface area contributed by atoms with Crippen molar-refractivity contribution in [2.45, 2.75) is 18.4 Å². The van der Waals surface area contributed by atoms with Crippen LogP contribution in [0.15, 0.2) is 30.3 Å². The lowest BCUT2D eigenvalue weighted by Crippen LogP contribution is -2.43. The number of nitrogens with zero attached hydrogens (tertiary/aromatic N) is 1. The minimum Gasteiger partial charge on any atom is -0.389 e. The maximum atomic E-state index is 10.9. The summed E-state index contributed by atoms with van der Waals surface area (Å²) < 4.78 is 0. The van der Waals surface area contributed by atoms with E-state index in [1.165, 1.54) is 6.07 Å². The lowest BCUT2D eigenvalue weighted by molar-refractivity contribution is -0.385. The highest BCUT2D eigenvalue weighted by Crippen LogP contribution is 2.26. The second-order valence-electron chi connectivity index (χ2n) is 5.19. The standard InChI is InChI=1S/C15H20N2O3S/c18-15(7-10-21-11-8-15)12-16-9-3-5-13-4-1-2-6-14(13)17(19)20/h1-6,16,18H,7-12H2/b5-3+. The first kappa shape index (κ1) is 16.0. The second kappa shape index (κ2) is 7.59. The molecule has 2 N–H and O–H groups in total. The molecule has 0 radical (unpaired) electrons. The van der Waals surface area contributed by atoms with E-state index in [9.17, 15) is 15.2 Å². The number of hydrogen-bond acceptors (Lipinski definition) is 5. The van der Waals surface area contributed by atoms with Crippen LogP contribution in [0.3, 0.4) is 0 Å². The zero-order valence-electron chi connectivity index (χ0n) is 11.8. The molecule has 1 heterocycles. The highest BCUT2D eigenvalue weighted by molar-refractivity contribution is 7.99. The van der Waals surface area contributed by atoms with Gasteiger partial charge in [-0.25, -0.2) is 0 Å². The van der Waals surface area contributed by atoms with E-state index >= 15 is 0 Å². The lowest BCUT2D eigenvalue weighted by Gasteiger charge is -2.31. The number of para-hydroxylation sites is 1. The summed E-state index contributed by atoms with van der Waals surface area (Å²) in [5, 5.41) is 24.4. The number of nitrogens with one attached hydrogen (secondary N) is 1. The van der Waals surface area contributed by atoms with E-state index in [0.29, 0.717) is 18.7 Å². The van der Waals surface area contributed by atoms with Gasteiger partial charge in [0.15, 0.2) is 0 Å². The molecule has 0 unspecified atom stereocenters.